The molecular weight excluding hydrogens is 240 g/mol. The van der Waals surface area contributed by atoms with Crippen LogP contribution in [0.1, 0.15) is 25.3 Å². The number of amides is 1. The third kappa shape index (κ3) is 3.70. The molecule has 0 spiro atoms. The quantitative estimate of drug-likeness (QED) is 0.795. The van der Waals surface area contributed by atoms with Crippen LogP contribution in [0.2, 0.25) is 0 Å². The van der Waals surface area contributed by atoms with Crippen LogP contribution in [-0.4, -0.2) is 37.0 Å². The molecule has 1 aromatic carbocycles. The highest BCUT2D eigenvalue weighted by Crippen LogP contribution is 2.19. The van der Waals surface area contributed by atoms with Gasteiger partial charge in [0, 0.05) is 26.6 Å². The molecule has 1 atom stereocenters. The largest absolute Gasteiger partial charge is 0.481 e. The van der Waals surface area contributed by atoms with Crippen molar-refractivity contribution in [2.45, 2.75) is 32.4 Å². The Hall–Kier alpha value is -1.55. The fourth-order valence-electron chi connectivity index (χ4n) is 2.16. The molecule has 1 saturated heterocycles. The molecule has 1 aliphatic rings. The van der Waals surface area contributed by atoms with E-state index in [-0.39, 0.29) is 12.0 Å². The molecule has 0 bridgehead atoms. The standard InChI is InChI=1S/C15H22N2O2/c1-3-9-16-11-12-4-6-13(7-5-12)19-14-8-10-17(2)15(14)18/h4-7,14,16H,3,8-11H2,1-2H3. The topological polar surface area (TPSA) is 41.6 Å². The Morgan fingerprint density at radius 3 is 2.68 bits per heavy atom. The van der Waals surface area contributed by atoms with Gasteiger partial charge >= 0.3 is 0 Å². The van der Waals surface area contributed by atoms with Crippen molar-refractivity contribution < 1.29 is 9.53 Å². The molecule has 1 aromatic rings. The molecule has 2 rings (SSSR count). The summed E-state index contributed by atoms with van der Waals surface area (Å²) in [5.41, 5.74) is 1.23. The third-order valence-corrected chi connectivity index (χ3v) is 3.34. The van der Waals surface area contributed by atoms with Gasteiger partial charge in [0.1, 0.15) is 5.75 Å². The average molecular weight is 262 g/mol. The first-order valence-corrected chi connectivity index (χ1v) is 6.92. The van der Waals surface area contributed by atoms with Gasteiger partial charge in [0.2, 0.25) is 0 Å². The van der Waals surface area contributed by atoms with Crippen LogP contribution in [-0.2, 0) is 11.3 Å². The van der Waals surface area contributed by atoms with E-state index in [1.807, 2.05) is 31.3 Å². The molecular formula is C15H22N2O2. The minimum Gasteiger partial charge on any atom is -0.481 e. The molecule has 0 aliphatic carbocycles. The maximum Gasteiger partial charge on any atom is 0.263 e. The molecule has 1 fully saturated rings. The predicted octanol–water partition coefficient (Wildman–Crippen LogP) is 1.80. The highest BCUT2D eigenvalue weighted by atomic mass is 16.5. The smallest absolute Gasteiger partial charge is 0.263 e. The second-order valence-electron chi connectivity index (χ2n) is 4.98. The Labute approximate surface area is 114 Å². The normalized spacial score (nSPS) is 18.9. The highest BCUT2D eigenvalue weighted by molar-refractivity contribution is 5.83. The van der Waals surface area contributed by atoms with Gasteiger partial charge < -0.3 is 15.0 Å². The lowest BCUT2D eigenvalue weighted by Crippen LogP contribution is -2.29. The number of hydrogen-bond donors (Lipinski definition) is 1. The Bertz CT molecular complexity index is 417. The number of hydrogen-bond acceptors (Lipinski definition) is 3. The zero-order valence-electron chi connectivity index (χ0n) is 11.7. The minimum atomic E-state index is -0.311. The van der Waals surface area contributed by atoms with Crippen molar-refractivity contribution in [3.05, 3.63) is 29.8 Å². The molecule has 4 nitrogen and oxygen atoms in total. The molecule has 104 valence electrons. The van der Waals surface area contributed by atoms with Crippen molar-refractivity contribution in [3.63, 3.8) is 0 Å². The van der Waals surface area contributed by atoms with Gasteiger partial charge in [0.15, 0.2) is 6.10 Å². The first kappa shape index (κ1) is 13.9. The van der Waals surface area contributed by atoms with Gasteiger partial charge in [-0.15, -0.1) is 0 Å². The maximum atomic E-state index is 11.7. The second kappa shape index (κ2) is 6.57. The number of nitrogens with zero attached hydrogens (tertiary/aromatic N) is 1. The monoisotopic (exact) mass is 262 g/mol. The molecule has 0 aromatic heterocycles. The van der Waals surface area contributed by atoms with Crippen LogP contribution < -0.4 is 10.1 Å². The van der Waals surface area contributed by atoms with Crippen LogP contribution in [0, 0.1) is 0 Å². The zero-order chi connectivity index (χ0) is 13.7. The van der Waals surface area contributed by atoms with Crippen molar-refractivity contribution >= 4 is 5.91 Å². The first-order valence-electron chi connectivity index (χ1n) is 6.92. The van der Waals surface area contributed by atoms with E-state index in [4.69, 9.17) is 4.74 Å². The van der Waals surface area contributed by atoms with E-state index in [1.54, 1.807) is 4.90 Å². The minimum absolute atomic E-state index is 0.0775. The molecule has 1 heterocycles. The number of ether oxygens (including phenoxy) is 1. The fraction of sp³-hybridized carbons (Fsp3) is 0.533. The van der Waals surface area contributed by atoms with Crippen LogP contribution in [0.5, 0.6) is 5.75 Å². The summed E-state index contributed by atoms with van der Waals surface area (Å²) in [4.78, 5) is 13.5. The summed E-state index contributed by atoms with van der Waals surface area (Å²) in [7, 11) is 1.81. The summed E-state index contributed by atoms with van der Waals surface area (Å²) in [5, 5.41) is 3.36. The molecule has 1 N–H and O–H groups in total. The fourth-order valence-corrected chi connectivity index (χ4v) is 2.16. The summed E-state index contributed by atoms with van der Waals surface area (Å²) >= 11 is 0. The molecule has 0 radical (unpaired) electrons. The Kier molecular flexibility index (Phi) is 4.80. The average Bonchev–Trinajstić information content (AvgIpc) is 2.73. The lowest BCUT2D eigenvalue weighted by atomic mass is 10.2. The van der Waals surface area contributed by atoms with Gasteiger partial charge in [-0.05, 0) is 30.7 Å². The van der Waals surface area contributed by atoms with Crippen LogP contribution in [0.4, 0.5) is 0 Å². The number of carbonyl (C=O) groups excluding carboxylic acids is 1. The summed E-state index contributed by atoms with van der Waals surface area (Å²) in [6.07, 6.45) is 1.60. The number of rotatable bonds is 6. The van der Waals surface area contributed by atoms with Crippen molar-refractivity contribution in [1.29, 1.82) is 0 Å². The van der Waals surface area contributed by atoms with E-state index in [1.165, 1.54) is 5.56 Å². The van der Waals surface area contributed by atoms with E-state index in [0.717, 1.165) is 38.2 Å². The lowest BCUT2D eigenvalue weighted by molar-refractivity contribution is -0.132. The van der Waals surface area contributed by atoms with Gasteiger partial charge in [-0.2, -0.15) is 0 Å². The van der Waals surface area contributed by atoms with Gasteiger partial charge in [-0.25, -0.2) is 0 Å². The van der Waals surface area contributed by atoms with E-state index < -0.39 is 0 Å². The van der Waals surface area contributed by atoms with E-state index >= 15 is 0 Å². The first-order chi connectivity index (χ1) is 9.20. The Morgan fingerprint density at radius 2 is 2.11 bits per heavy atom. The van der Waals surface area contributed by atoms with Gasteiger partial charge in [-0.1, -0.05) is 19.1 Å². The van der Waals surface area contributed by atoms with Gasteiger partial charge in [0.25, 0.3) is 5.91 Å². The molecule has 1 aliphatic heterocycles. The number of likely N-dealkylation sites (tertiary alicyclic amines) is 1. The van der Waals surface area contributed by atoms with Crippen LogP contribution in [0.25, 0.3) is 0 Å². The van der Waals surface area contributed by atoms with Crippen LogP contribution >= 0.6 is 0 Å². The van der Waals surface area contributed by atoms with Crippen molar-refractivity contribution in [1.82, 2.24) is 10.2 Å². The number of likely N-dealkylation sites (N-methyl/N-ethyl adjacent to an activating group) is 1. The molecule has 1 amide bonds. The van der Waals surface area contributed by atoms with Gasteiger partial charge in [-0.3, -0.25) is 4.79 Å². The van der Waals surface area contributed by atoms with Gasteiger partial charge in [0.05, 0.1) is 0 Å². The Balaban J connectivity index is 1.86. The van der Waals surface area contributed by atoms with Crippen molar-refractivity contribution in [3.8, 4) is 5.75 Å². The van der Waals surface area contributed by atoms with Crippen LogP contribution in [0.3, 0.4) is 0 Å². The summed E-state index contributed by atoms with van der Waals surface area (Å²) in [5.74, 6) is 0.849. The predicted molar refractivity (Wildman–Crippen MR) is 75.1 cm³/mol. The molecule has 1 unspecified atom stereocenters. The summed E-state index contributed by atoms with van der Waals surface area (Å²) in [6.45, 7) is 4.84. The van der Waals surface area contributed by atoms with E-state index in [2.05, 4.69) is 12.2 Å². The van der Waals surface area contributed by atoms with Crippen molar-refractivity contribution in [2.75, 3.05) is 20.1 Å². The SMILES string of the molecule is CCCNCc1ccc(OC2CCN(C)C2=O)cc1. The maximum absolute atomic E-state index is 11.7. The second-order valence-corrected chi connectivity index (χ2v) is 4.98. The summed E-state index contributed by atoms with van der Waals surface area (Å²) in [6, 6.07) is 7.96. The molecule has 19 heavy (non-hydrogen) atoms. The van der Waals surface area contributed by atoms with Crippen LogP contribution in [0.15, 0.2) is 24.3 Å². The number of carbonyl (C=O) groups is 1. The highest BCUT2D eigenvalue weighted by Gasteiger charge is 2.30. The van der Waals surface area contributed by atoms with E-state index in [9.17, 15) is 4.79 Å². The number of benzene rings is 1. The zero-order valence-corrected chi connectivity index (χ0v) is 11.7. The lowest BCUT2D eigenvalue weighted by Gasteiger charge is -2.13. The Morgan fingerprint density at radius 1 is 1.37 bits per heavy atom. The molecule has 4 heteroatoms. The third-order valence-electron chi connectivity index (χ3n) is 3.34. The number of nitrogens with one attached hydrogen (secondary N) is 1. The van der Waals surface area contributed by atoms with E-state index in [0.29, 0.717) is 0 Å². The summed E-state index contributed by atoms with van der Waals surface area (Å²) < 4.78 is 5.73. The van der Waals surface area contributed by atoms with Crippen molar-refractivity contribution in [2.24, 2.45) is 0 Å². The molecule has 0 saturated carbocycles.